The van der Waals surface area contributed by atoms with Gasteiger partial charge in [-0.15, -0.1) is 0 Å². The summed E-state index contributed by atoms with van der Waals surface area (Å²) in [4.78, 5) is 2.42. The van der Waals surface area contributed by atoms with Crippen LogP contribution in [0, 0.1) is 5.92 Å². The number of aliphatic hydroxyl groups excluding tert-OH is 1. The van der Waals surface area contributed by atoms with Crippen LogP contribution in [0.25, 0.3) is 0 Å². The third-order valence-corrected chi connectivity index (χ3v) is 5.90. The molecule has 22 heavy (non-hydrogen) atoms. The Bertz CT molecular complexity index is 547. The molecule has 1 saturated heterocycles. The van der Waals surface area contributed by atoms with Gasteiger partial charge in [-0.05, 0) is 56.5 Å². The van der Waals surface area contributed by atoms with Gasteiger partial charge in [-0.2, -0.15) is 0 Å². The number of likely N-dealkylation sites (N-methyl/N-ethyl adjacent to an activating group) is 1. The van der Waals surface area contributed by atoms with Crippen LogP contribution >= 0.6 is 0 Å². The van der Waals surface area contributed by atoms with Gasteiger partial charge in [0.1, 0.15) is 0 Å². The van der Waals surface area contributed by atoms with E-state index >= 15 is 0 Å². The first-order chi connectivity index (χ1) is 10.5. The van der Waals surface area contributed by atoms with E-state index in [-0.39, 0.29) is 17.4 Å². The highest BCUT2D eigenvalue weighted by molar-refractivity contribution is 5.46. The zero-order valence-electron chi connectivity index (χ0n) is 14.0. The van der Waals surface area contributed by atoms with E-state index in [1.807, 2.05) is 6.07 Å². The topological polar surface area (TPSA) is 41.9 Å². The quantitative estimate of drug-likeness (QED) is 0.931. The molecule has 122 valence electrons. The number of methoxy groups -OCH3 is 2. The van der Waals surface area contributed by atoms with Crippen LogP contribution in [0.3, 0.4) is 0 Å². The molecule has 1 saturated carbocycles. The highest BCUT2D eigenvalue weighted by Gasteiger charge is 2.53. The Morgan fingerprint density at radius 1 is 1.18 bits per heavy atom. The van der Waals surface area contributed by atoms with Crippen molar-refractivity contribution < 1.29 is 14.6 Å². The molecule has 1 heterocycles. The zero-order chi connectivity index (χ0) is 15.9. The van der Waals surface area contributed by atoms with E-state index in [0.29, 0.717) is 6.04 Å². The molecule has 2 fully saturated rings. The van der Waals surface area contributed by atoms with Crippen LogP contribution in [0.15, 0.2) is 18.2 Å². The number of ether oxygens (including phenoxy) is 2. The second kappa shape index (κ2) is 5.74. The third kappa shape index (κ3) is 2.20. The maximum absolute atomic E-state index is 10.3. The minimum absolute atomic E-state index is 0.118. The highest BCUT2D eigenvalue weighted by Crippen LogP contribution is 2.51. The minimum Gasteiger partial charge on any atom is -0.493 e. The molecule has 2 aliphatic rings. The first-order valence-electron chi connectivity index (χ1n) is 8.14. The van der Waals surface area contributed by atoms with Crippen molar-refractivity contribution in [1.82, 2.24) is 4.90 Å². The summed E-state index contributed by atoms with van der Waals surface area (Å²) >= 11 is 0. The van der Waals surface area contributed by atoms with E-state index < -0.39 is 0 Å². The largest absolute Gasteiger partial charge is 0.493 e. The van der Waals surface area contributed by atoms with Crippen LogP contribution in [-0.2, 0) is 5.41 Å². The standard InChI is InChI=1S/C18H27NO3/c1-12-14(20)7-8-18(9-10-19(2)17(12)18)13-5-6-15(21-3)16(11-13)22-4/h5-6,11-12,14,17,20H,7-10H2,1-4H3/t12-,14-,17+,18+/m1/s1. The molecule has 1 aliphatic heterocycles. The van der Waals surface area contributed by atoms with E-state index in [0.717, 1.165) is 37.3 Å². The Kier molecular flexibility index (Phi) is 4.08. The summed E-state index contributed by atoms with van der Waals surface area (Å²) in [6.07, 6.45) is 2.85. The van der Waals surface area contributed by atoms with Crippen molar-refractivity contribution in [3.8, 4) is 11.5 Å². The smallest absolute Gasteiger partial charge is 0.161 e. The van der Waals surface area contributed by atoms with Crippen molar-refractivity contribution in [3.05, 3.63) is 23.8 Å². The molecule has 3 rings (SSSR count). The molecular weight excluding hydrogens is 278 g/mol. The zero-order valence-corrected chi connectivity index (χ0v) is 14.0. The van der Waals surface area contributed by atoms with E-state index in [4.69, 9.17) is 9.47 Å². The Hall–Kier alpha value is -1.26. The van der Waals surface area contributed by atoms with Crippen LogP contribution in [0.1, 0.15) is 31.7 Å². The molecule has 4 atom stereocenters. The fourth-order valence-corrected chi connectivity index (χ4v) is 4.75. The summed E-state index contributed by atoms with van der Waals surface area (Å²) in [6, 6.07) is 6.70. The maximum Gasteiger partial charge on any atom is 0.161 e. The predicted molar refractivity (Wildman–Crippen MR) is 86.7 cm³/mol. The van der Waals surface area contributed by atoms with Crippen molar-refractivity contribution in [2.24, 2.45) is 5.92 Å². The van der Waals surface area contributed by atoms with Gasteiger partial charge in [-0.25, -0.2) is 0 Å². The molecule has 0 unspecified atom stereocenters. The Morgan fingerprint density at radius 2 is 1.91 bits per heavy atom. The van der Waals surface area contributed by atoms with Crippen LogP contribution in [0.4, 0.5) is 0 Å². The van der Waals surface area contributed by atoms with Gasteiger partial charge < -0.3 is 19.5 Å². The van der Waals surface area contributed by atoms with Crippen molar-refractivity contribution in [2.45, 2.75) is 43.7 Å². The number of nitrogens with zero attached hydrogens (tertiary/aromatic N) is 1. The number of fused-ring (bicyclic) bond motifs is 1. The van der Waals surface area contributed by atoms with Crippen LogP contribution < -0.4 is 9.47 Å². The first kappa shape index (κ1) is 15.6. The lowest BCUT2D eigenvalue weighted by atomic mass is 9.62. The number of aliphatic hydroxyl groups is 1. The lowest BCUT2D eigenvalue weighted by molar-refractivity contribution is 0.00251. The second-order valence-corrected chi connectivity index (χ2v) is 6.87. The van der Waals surface area contributed by atoms with Gasteiger partial charge in [0.25, 0.3) is 0 Å². The summed E-state index contributed by atoms with van der Waals surface area (Å²) in [5.41, 5.74) is 1.44. The molecule has 0 spiro atoms. The third-order valence-electron chi connectivity index (χ3n) is 5.90. The van der Waals surface area contributed by atoms with Crippen LogP contribution in [0.2, 0.25) is 0 Å². The fourth-order valence-electron chi connectivity index (χ4n) is 4.75. The Labute approximate surface area is 133 Å². The molecule has 4 nitrogen and oxygen atoms in total. The normalized spacial score (nSPS) is 35.2. The average molecular weight is 305 g/mol. The van der Waals surface area contributed by atoms with E-state index in [9.17, 15) is 5.11 Å². The lowest BCUT2D eigenvalue weighted by Crippen LogP contribution is -2.53. The maximum atomic E-state index is 10.3. The van der Waals surface area contributed by atoms with Crippen molar-refractivity contribution in [3.63, 3.8) is 0 Å². The van der Waals surface area contributed by atoms with Gasteiger partial charge in [-0.1, -0.05) is 13.0 Å². The highest BCUT2D eigenvalue weighted by atomic mass is 16.5. The second-order valence-electron chi connectivity index (χ2n) is 6.87. The fraction of sp³-hybridized carbons (Fsp3) is 0.667. The Morgan fingerprint density at radius 3 is 2.59 bits per heavy atom. The molecule has 1 aromatic carbocycles. The van der Waals surface area contributed by atoms with E-state index in [2.05, 4.69) is 31.0 Å². The van der Waals surface area contributed by atoms with E-state index in [1.165, 1.54) is 5.56 Å². The number of hydrogen-bond acceptors (Lipinski definition) is 4. The molecule has 1 N–H and O–H groups in total. The molecule has 1 aliphatic carbocycles. The van der Waals surface area contributed by atoms with Crippen molar-refractivity contribution >= 4 is 0 Å². The van der Waals surface area contributed by atoms with Crippen molar-refractivity contribution in [2.75, 3.05) is 27.8 Å². The molecule has 0 radical (unpaired) electrons. The van der Waals surface area contributed by atoms with E-state index in [1.54, 1.807) is 14.2 Å². The number of likely N-dealkylation sites (tertiary alicyclic amines) is 1. The number of hydrogen-bond donors (Lipinski definition) is 1. The predicted octanol–water partition coefficient (Wildman–Crippen LogP) is 2.44. The molecule has 1 aromatic rings. The summed E-state index contributed by atoms with van der Waals surface area (Å²) < 4.78 is 10.9. The summed E-state index contributed by atoms with van der Waals surface area (Å²) in [6.45, 7) is 3.27. The SMILES string of the molecule is COc1ccc([C@@]23CC[C@@H](O)[C@@H](C)[C@@H]2N(C)CC3)cc1OC. The van der Waals surface area contributed by atoms with Crippen molar-refractivity contribution in [1.29, 1.82) is 0 Å². The summed E-state index contributed by atoms with van der Waals surface area (Å²) in [5, 5.41) is 10.3. The summed E-state index contributed by atoms with van der Waals surface area (Å²) in [7, 11) is 5.54. The molecular formula is C18H27NO3. The molecule has 0 bridgehead atoms. The lowest BCUT2D eigenvalue weighted by Gasteiger charge is -2.47. The monoisotopic (exact) mass is 305 g/mol. The molecule has 0 aromatic heterocycles. The van der Waals surface area contributed by atoms with Gasteiger partial charge in [0, 0.05) is 11.5 Å². The van der Waals surface area contributed by atoms with Crippen LogP contribution in [-0.4, -0.2) is 50.0 Å². The van der Waals surface area contributed by atoms with Gasteiger partial charge in [0.05, 0.1) is 20.3 Å². The minimum atomic E-state index is -0.196. The first-order valence-corrected chi connectivity index (χ1v) is 8.14. The van der Waals surface area contributed by atoms with Gasteiger partial charge >= 0.3 is 0 Å². The number of benzene rings is 1. The van der Waals surface area contributed by atoms with Gasteiger partial charge in [0.2, 0.25) is 0 Å². The Balaban J connectivity index is 2.05. The average Bonchev–Trinajstić information content (AvgIpc) is 2.89. The molecule has 0 amide bonds. The van der Waals surface area contributed by atoms with Gasteiger partial charge in [0.15, 0.2) is 11.5 Å². The summed E-state index contributed by atoms with van der Waals surface area (Å²) in [5.74, 6) is 1.85. The molecule has 4 heteroatoms. The van der Waals surface area contributed by atoms with Crippen LogP contribution in [0.5, 0.6) is 11.5 Å². The number of rotatable bonds is 3. The van der Waals surface area contributed by atoms with Gasteiger partial charge in [-0.3, -0.25) is 0 Å².